The topological polar surface area (TPSA) is 703 Å². The van der Waals surface area contributed by atoms with Gasteiger partial charge in [-0.05, 0) is 272 Å². The van der Waals surface area contributed by atoms with Gasteiger partial charge in [-0.15, -0.1) is 0 Å². The molecule has 42 nitrogen and oxygen atoms in total. The summed E-state index contributed by atoms with van der Waals surface area (Å²) in [5.74, 6) is -8.42. The van der Waals surface area contributed by atoms with Gasteiger partial charge >= 0.3 is 0 Å². The largest absolute Gasteiger partial charge is 0.355 e. The molecule has 0 aromatic rings. The van der Waals surface area contributed by atoms with E-state index in [1.165, 1.54) is 0 Å². The molecule has 0 aromatic carbocycles. The Bertz CT molecular complexity index is 3690. The summed E-state index contributed by atoms with van der Waals surface area (Å²) in [6.45, 7) is 34.6. The predicted octanol–water partition coefficient (Wildman–Crippen LogP) is 1.07. The molecule has 0 unspecified atom stereocenters. The van der Waals surface area contributed by atoms with Crippen molar-refractivity contribution in [1.82, 2.24) is 90.5 Å². The summed E-state index contributed by atoms with van der Waals surface area (Å²) in [4.78, 5) is 243. The number of unbranched alkanes of at least 4 members (excludes halogenated alkanes) is 8. The molecule has 0 aliphatic heterocycles. The van der Waals surface area contributed by atoms with Gasteiger partial charge in [0, 0.05) is 13.0 Å². The van der Waals surface area contributed by atoms with Crippen molar-refractivity contribution in [3.05, 3.63) is 0 Å². The Labute approximate surface area is 834 Å². The quantitative estimate of drug-likeness (QED) is 0.0175. The normalized spacial score (nSPS) is 15.0. The first-order chi connectivity index (χ1) is 66.1. The second-order valence-electron chi connectivity index (χ2n) is 41.0. The van der Waals surface area contributed by atoms with E-state index in [1.807, 2.05) is 111 Å². The first-order valence-electron chi connectivity index (χ1n) is 51.8. The fourth-order valence-electron chi connectivity index (χ4n) is 15.8. The van der Waals surface area contributed by atoms with Crippen molar-refractivity contribution < 1.29 is 81.5 Å². The molecule has 0 heterocycles. The highest BCUT2D eigenvalue weighted by molar-refractivity contribution is 6.01. The van der Waals surface area contributed by atoms with Crippen LogP contribution in [-0.4, -0.2) is 243 Å². The number of hydrazine groups is 1. The molecule has 808 valence electrons. The zero-order chi connectivity index (χ0) is 106. The maximum atomic E-state index is 15.0. The lowest BCUT2D eigenvalue weighted by Gasteiger charge is -2.31. The van der Waals surface area contributed by atoms with E-state index in [9.17, 15) is 71.9 Å². The molecule has 16 atom stereocenters. The van der Waals surface area contributed by atoms with Gasteiger partial charge in [0.25, 0.3) is 0 Å². The molecule has 42 heteroatoms. The SMILES string of the molecule is CC[C@H](C)[C@H](NC(=O)[C@H](CCCCN)NC(=O)[C@H](CC(C)C)NC(=O)[C@H](CC(C)C)NC(=O)[C@H](CCCCN)NC(=O)[C@H](CC(C)C)NC(=O)[C@H](CC(C)C)NC(=O)[C@H](CCCCN)NC(=O)[C@H](CCCCN)NC(=O)[C@@H](N)CC(C)C)C(=O)N[C@@H](CC(C)C)C(=O)N[C@@H](CC(C)C)C(=O)N[C@@H](CCCCN)C(=O)N[C@@H](CC(C)C)C(=O)N[C@@H](CCCCN)C(=O)NCC(=O)NCCCCCC(=O)NN. The van der Waals surface area contributed by atoms with Gasteiger partial charge in [0.1, 0.15) is 84.6 Å². The number of hydrogen-bond donors (Lipinski definition) is 25. The van der Waals surface area contributed by atoms with Crippen LogP contribution in [0.1, 0.15) is 324 Å². The average molecular weight is 1990 g/mol. The van der Waals surface area contributed by atoms with Crippen molar-refractivity contribution >= 4 is 100 Å². The van der Waals surface area contributed by atoms with Crippen LogP contribution in [0.4, 0.5) is 0 Å². The van der Waals surface area contributed by atoms with E-state index in [2.05, 4.69) is 90.5 Å². The summed E-state index contributed by atoms with van der Waals surface area (Å²) in [5, 5.41) is 45.0. The minimum atomic E-state index is -1.33. The van der Waals surface area contributed by atoms with Gasteiger partial charge in [0.2, 0.25) is 100 Å². The lowest BCUT2D eigenvalue weighted by atomic mass is 9.95. The first kappa shape index (κ1) is 131. The lowest BCUT2D eigenvalue weighted by molar-refractivity contribution is -0.137. The van der Waals surface area contributed by atoms with Crippen molar-refractivity contribution in [3.63, 3.8) is 0 Å². The van der Waals surface area contributed by atoms with Crippen LogP contribution in [-0.2, 0) is 81.5 Å². The molecule has 0 aliphatic carbocycles. The van der Waals surface area contributed by atoms with E-state index in [0.717, 1.165) is 0 Å². The molecule has 0 saturated carbocycles. The number of nitrogens with one attached hydrogen (secondary N) is 17. The van der Waals surface area contributed by atoms with Crippen molar-refractivity contribution in [2.45, 2.75) is 414 Å². The summed E-state index contributed by atoms with van der Waals surface area (Å²) in [6, 6.07) is -18.5. The Kier molecular flexibility index (Phi) is 69.6. The Morgan fingerprint density at radius 3 is 0.664 bits per heavy atom. The molecule has 0 radical (unpaired) electrons. The minimum absolute atomic E-state index is 0.0198. The third kappa shape index (κ3) is 57.7. The molecule has 0 bridgehead atoms. The second-order valence-corrected chi connectivity index (χ2v) is 41.0. The zero-order valence-electron chi connectivity index (χ0n) is 88.0. The summed E-state index contributed by atoms with van der Waals surface area (Å²) in [5.41, 5.74) is 43.6. The fourth-order valence-corrected chi connectivity index (χ4v) is 15.8. The molecular formula is C98H189N25O17. The highest BCUT2D eigenvalue weighted by atomic mass is 16.2. The van der Waals surface area contributed by atoms with Gasteiger partial charge < -0.3 is 125 Å². The number of amides is 17. The van der Waals surface area contributed by atoms with E-state index in [1.54, 1.807) is 13.8 Å². The number of carbonyl (C=O) groups is 17. The summed E-state index contributed by atoms with van der Waals surface area (Å²) >= 11 is 0. The van der Waals surface area contributed by atoms with Crippen LogP contribution in [0.5, 0.6) is 0 Å². The molecule has 17 amide bonds. The number of hydrogen-bond acceptors (Lipinski definition) is 25. The van der Waals surface area contributed by atoms with Crippen molar-refractivity contribution in [3.8, 4) is 0 Å². The van der Waals surface area contributed by atoms with Crippen molar-refractivity contribution in [2.24, 2.45) is 99.2 Å². The molecule has 0 fully saturated rings. The summed E-state index contributed by atoms with van der Waals surface area (Å²) < 4.78 is 0. The highest BCUT2D eigenvalue weighted by Crippen LogP contribution is 2.21. The van der Waals surface area contributed by atoms with Crippen LogP contribution in [0.3, 0.4) is 0 Å². The Morgan fingerprint density at radius 2 is 0.436 bits per heavy atom. The van der Waals surface area contributed by atoms with Crippen LogP contribution in [0.15, 0.2) is 0 Å². The average Bonchev–Trinajstić information content (AvgIpc) is 0.829. The molecule has 0 saturated heterocycles. The highest BCUT2D eigenvalue weighted by Gasteiger charge is 2.41. The smallest absolute Gasteiger partial charge is 0.243 e. The maximum absolute atomic E-state index is 15.0. The Balaban J connectivity index is 7.39. The molecular weight excluding hydrogens is 1800 g/mol. The van der Waals surface area contributed by atoms with Crippen LogP contribution >= 0.6 is 0 Å². The minimum Gasteiger partial charge on any atom is -0.355 e. The Hall–Kier alpha value is -9.33. The number of carbonyl (C=O) groups excluding carboxylic acids is 17. The third-order valence-electron chi connectivity index (χ3n) is 23.7. The van der Waals surface area contributed by atoms with E-state index >= 15 is 9.59 Å². The van der Waals surface area contributed by atoms with Gasteiger partial charge in [-0.3, -0.25) is 86.9 Å². The van der Waals surface area contributed by atoms with Crippen LogP contribution in [0.2, 0.25) is 0 Å². The van der Waals surface area contributed by atoms with Gasteiger partial charge in [-0.25, -0.2) is 5.84 Å². The number of nitrogens with two attached hydrogens (primary N) is 8. The van der Waals surface area contributed by atoms with Crippen molar-refractivity contribution in [1.29, 1.82) is 0 Å². The Morgan fingerprint density at radius 1 is 0.221 bits per heavy atom. The molecule has 0 aliphatic rings. The van der Waals surface area contributed by atoms with Crippen molar-refractivity contribution in [2.75, 3.05) is 52.4 Å². The van der Waals surface area contributed by atoms with Gasteiger partial charge in [0.05, 0.1) is 12.6 Å². The first-order valence-corrected chi connectivity index (χ1v) is 51.8. The standard InChI is InChI=1S/C98H189N25O17/c1-19-66(18)83(98(140)121-80(56-65(16)17)97(139)120-76(52-61(8)9)93(135)112-71(38-25-31-45-102)88(130)115-74(50-59(4)5)91(133)110-68(35-22-28-42-99)85(127)108-57-82(125)107-48-34-20-21-41-81(124)123-106)122-90(132)73(40-27-33-47-104)114-94(136)77(53-62(10)11)119-96(138)79(55-64(14)15)117-89(131)72(39-26-32-46-103)113-92(134)75(51-60(6)7)118-95(137)78(54-63(12)13)116-87(129)70(37-24-30-44-101)111-86(128)69(36-23-29-43-100)109-84(126)67(105)49-58(2)3/h58-80,83H,19-57,99-106H2,1-18H3,(H,107,125)(H,108,127)(H,109,126)(H,110,133)(H,111,128)(H,112,135)(H,113,134)(H,114,136)(H,115,130)(H,116,129)(H,117,131)(H,118,137)(H,119,138)(H,120,139)(H,121,140)(H,122,132)(H,123,124)/t66-,67-,68-,69-,70-,71-,72-,73-,74-,75-,76-,77-,78-,79-,80-,83-/m0/s1. The maximum Gasteiger partial charge on any atom is 0.243 e. The summed E-state index contributed by atoms with van der Waals surface area (Å²) in [7, 11) is 0. The van der Waals surface area contributed by atoms with Gasteiger partial charge in [-0.2, -0.15) is 0 Å². The van der Waals surface area contributed by atoms with E-state index in [4.69, 9.17) is 46.0 Å². The second kappa shape index (κ2) is 74.6. The van der Waals surface area contributed by atoms with Gasteiger partial charge in [-0.1, -0.05) is 137 Å². The predicted molar refractivity (Wildman–Crippen MR) is 544 cm³/mol. The summed E-state index contributed by atoms with van der Waals surface area (Å²) in [6.07, 6.45) is 9.01. The molecule has 140 heavy (non-hydrogen) atoms. The van der Waals surface area contributed by atoms with E-state index in [0.29, 0.717) is 135 Å². The molecule has 0 aromatic heterocycles. The zero-order valence-corrected chi connectivity index (χ0v) is 88.0. The fraction of sp³-hybridized carbons (Fsp3) is 0.827. The number of rotatable bonds is 79. The van der Waals surface area contributed by atoms with Crippen LogP contribution < -0.4 is 136 Å². The van der Waals surface area contributed by atoms with Crippen LogP contribution in [0.25, 0.3) is 0 Å². The molecule has 0 spiro atoms. The van der Waals surface area contributed by atoms with Gasteiger partial charge in [0.15, 0.2) is 0 Å². The lowest BCUT2D eigenvalue weighted by Crippen LogP contribution is -2.62. The van der Waals surface area contributed by atoms with E-state index in [-0.39, 0.29) is 163 Å². The van der Waals surface area contributed by atoms with E-state index < -0.39 is 198 Å². The monoisotopic (exact) mass is 1990 g/mol. The molecule has 33 N–H and O–H groups in total. The third-order valence-corrected chi connectivity index (χ3v) is 23.7. The van der Waals surface area contributed by atoms with Crippen LogP contribution in [0, 0.1) is 53.3 Å². The molecule has 0 rings (SSSR count).